The van der Waals surface area contributed by atoms with Gasteiger partial charge in [0.15, 0.2) is 5.78 Å². The quantitative estimate of drug-likeness (QED) is 0.460. The van der Waals surface area contributed by atoms with Crippen LogP contribution in [0.1, 0.15) is 6.42 Å². The van der Waals surface area contributed by atoms with Gasteiger partial charge in [-0.15, -0.1) is 5.10 Å². The fraction of sp³-hybridized carbons (Fsp3) is 0.143. The van der Waals surface area contributed by atoms with Crippen molar-refractivity contribution in [2.75, 3.05) is 0 Å². The molecule has 60 valence electrons. The van der Waals surface area contributed by atoms with E-state index in [0.717, 1.165) is 0 Å². The fourth-order valence-corrected chi connectivity index (χ4v) is 1.07. The number of carbonyl (C=O) groups is 2. The molecule has 0 bridgehead atoms. The van der Waals surface area contributed by atoms with Gasteiger partial charge in [0, 0.05) is 6.08 Å². The molecule has 2 rings (SSSR count). The van der Waals surface area contributed by atoms with Crippen LogP contribution in [-0.2, 0) is 9.59 Å². The van der Waals surface area contributed by atoms with Gasteiger partial charge in [-0.1, -0.05) is 0 Å². The lowest BCUT2D eigenvalue weighted by Gasteiger charge is -2.22. The first-order valence-electron chi connectivity index (χ1n) is 3.40. The van der Waals surface area contributed by atoms with E-state index in [1.165, 1.54) is 23.5 Å². The van der Waals surface area contributed by atoms with Gasteiger partial charge in [0.2, 0.25) is 5.91 Å². The van der Waals surface area contributed by atoms with Crippen LogP contribution < -0.4 is 0 Å². The van der Waals surface area contributed by atoms with Crippen molar-refractivity contribution < 1.29 is 9.59 Å². The molecule has 2 aliphatic heterocycles. The van der Waals surface area contributed by atoms with Crippen LogP contribution in [-0.4, -0.2) is 29.1 Å². The second kappa shape index (κ2) is 2.37. The summed E-state index contributed by atoms with van der Waals surface area (Å²) < 4.78 is 0. The first-order chi connectivity index (χ1) is 5.77. The van der Waals surface area contributed by atoms with E-state index in [1.54, 1.807) is 0 Å². The minimum Gasteiger partial charge on any atom is -0.294 e. The predicted molar refractivity (Wildman–Crippen MR) is 41.5 cm³/mol. The van der Waals surface area contributed by atoms with E-state index >= 15 is 0 Å². The number of fused-ring (bicyclic) bond motifs is 1. The molecule has 2 aliphatic rings. The zero-order valence-electron chi connectivity index (χ0n) is 6.10. The normalized spacial score (nSPS) is 21.0. The molecule has 0 aromatic rings. The maximum atomic E-state index is 11.2. The summed E-state index contributed by atoms with van der Waals surface area (Å²) in [6.07, 6.45) is 4.00. The van der Waals surface area contributed by atoms with Gasteiger partial charge >= 0.3 is 0 Å². The lowest BCUT2D eigenvalue weighted by Crippen LogP contribution is -2.36. The summed E-state index contributed by atoms with van der Waals surface area (Å²) >= 11 is 0. The molecule has 0 aliphatic carbocycles. The minimum absolute atomic E-state index is 0.0800. The van der Waals surface area contributed by atoms with E-state index in [2.05, 4.69) is 10.2 Å². The molecule has 0 aromatic carbocycles. The van der Waals surface area contributed by atoms with E-state index in [4.69, 9.17) is 0 Å². The Morgan fingerprint density at radius 1 is 1.33 bits per heavy atom. The Balaban J connectivity index is 2.43. The van der Waals surface area contributed by atoms with Crippen LogP contribution >= 0.6 is 0 Å². The van der Waals surface area contributed by atoms with Gasteiger partial charge in [-0.05, 0) is 0 Å². The van der Waals surface area contributed by atoms with E-state index in [1.807, 2.05) is 0 Å². The molecular weight excluding hydrogens is 158 g/mol. The highest BCUT2D eigenvalue weighted by molar-refractivity contribution is 6.14. The van der Waals surface area contributed by atoms with Gasteiger partial charge in [0.05, 0.1) is 18.3 Å². The van der Waals surface area contributed by atoms with Crippen LogP contribution in [0.5, 0.6) is 0 Å². The third kappa shape index (κ3) is 0.952. The molecule has 0 saturated heterocycles. The Morgan fingerprint density at radius 2 is 2.17 bits per heavy atom. The molecule has 12 heavy (non-hydrogen) atoms. The van der Waals surface area contributed by atoms with E-state index in [-0.39, 0.29) is 18.1 Å². The van der Waals surface area contributed by atoms with Gasteiger partial charge < -0.3 is 0 Å². The topological polar surface area (TPSA) is 62.1 Å². The predicted octanol–water partition coefficient (Wildman–Crippen LogP) is -0.301. The third-order valence-electron chi connectivity index (χ3n) is 1.60. The number of carbonyl (C=O) groups excluding carboxylic acids is 2. The number of rotatable bonds is 0. The summed E-state index contributed by atoms with van der Waals surface area (Å²) in [7, 11) is 0. The molecule has 0 aromatic heterocycles. The van der Waals surface area contributed by atoms with Gasteiger partial charge in [0.25, 0.3) is 0 Å². The zero-order chi connectivity index (χ0) is 8.55. The highest BCUT2D eigenvalue weighted by Crippen LogP contribution is 2.12. The number of amides is 1. The zero-order valence-corrected chi connectivity index (χ0v) is 6.10. The molecule has 2 heterocycles. The molecule has 5 heteroatoms. The van der Waals surface area contributed by atoms with Crippen molar-refractivity contribution in [3.63, 3.8) is 0 Å². The van der Waals surface area contributed by atoms with Crippen molar-refractivity contribution in [2.24, 2.45) is 10.2 Å². The number of nitrogens with zero attached hydrogens (tertiary/aromatic N) is 3. The smallest absolute Gasteiger partial charge is 0.240 e. The first kappa shape index (κ1) is 6.90. The van der Waals surface area contributed by atoms with Gasteiger partial charge in [0.1, 0.15) is 6.34 Å². The van der Waals surface area contributed by atoms with E-state index in [0.29, 0.717) is 5.70 Å². The minimum atomic E-state index is -0.257. The van der Waals surface area contributed by atoms with Gasteiger partial charge in [-0.3, -0.25) is 14.5 Å². The number of hydrogen-bond donors (Lipinski definition) is 0. The molecule has 0 atom stereocenters. The second-order valence-electron chi connectivity index (χ2n) is 2.45. The summed E-state index contributed by atoms with van der Waals surface area (Å²) in [6.45, 7) is 0. The lowest BCUT2D eigenvalue weighted by atomic mass is 10.1. The molecule has 0 spiro atoms. The van der Waals surface area contributed by atoms with Crippen LogP contribution in [0.2, 0.25) is 0 Å². The van der Waals surface area contributed by atoms with E-state index < -0.39 is 0 Å². The molecule has 0 saturated carbocycles. The van der Waals surface area contributed by atoms with E-state index in [9.17, 15) is 9.59 Å². The Hall–Kier alpha value is -1.78. The molecule has 5 nitrogen and oxygen atoms in total. The molecule has 1 amide bonds. The Bertz CT molecular complexity index is 341. The molecular formula is C7H5N3O2. The fourth-order valence-electron chi connectivity index (χ4n) is 1.07. The van der Waals surface area contributed by atoms with Crippen LogP contribution in [0.3, 0.4) is 0 Å². The summed E-state index contributed by atoms with van der Waals surface area (Å²) in [5, 5.41) is 7.09. The molecule has 0 N–H and O–H groups in total. The van der Waals surface area contributed by atoms with Crippen molar-refractivity contribution >= 4 is 24.2 Å². The summed E-state index contributed by atoms with van der Waals surface area (Å²) in [6, 6.07) is 0. The summed E-state index contributed by atoms with van der Waals surface area (Å²) in [5.74, 6) is -0.444. The highest BCUT2D eigenvalue weighted by atomic mass is 16.2. The van der Waals surface area contributed by atoms with Crippen LogP contribution in [0.15, 0.2) is 22.0 Å². The average molecular weight is 163 g/mol. The number of allylic oxidation sites excluding steroid dienone is 2. The summed E-state index contributed by atoms with van der Waals surface area (Å²) in [4.78, 5) is 23.4. The van der Waals surface area contributed by atoms with Gasteiger partial charge in [-0.2, -0.15) is 5.10 Å². The van der Waals surface area contributed by atoms with Crippen molar-refractivity contribution in [3.05, 3.63) is 11.8 Å². The first-order valence-corrected chi connectivity index (χ1v) is 3.40. The molecule has 0 radical (unpaired) electrons. The standard InChI is InChI=1S/C7H5N3O2/c11-6-1-5-3-8-9-4-10(5)7(12)2-6/h1,3-4H,2H2. The average Bonchev–Trinajstić information content (AvgIpc) is 2.04. The van der Waals surface area contributed by atoms with Crippen molar-refractivity contribution in [3.8, 4) is 0 Å². The van der Waals surface area contributed by atoms with Crippen LogP contribution in [0.4, 0.5) is 0 Å². The number of ketones is 1. The number of hydrogen-bond acceptors (Lipinski definition) is 4. The Kier molecular flexibility index (Phi) is 1.36. The lowest BCUT2D eigenvalue weighted by molar-refractivity contribution is -0.130. The maximum absolute atomic E-state index is 11.2. The van der Waals surface area contributed by atoms with Crippen molar-refractivity contribution in [1.29, 1.82) is 0 Å². The maximum Gasteiger partial charge on any atom is 0.240 e. The van der Waals surface area contributed by atoms with Crippen LogP contribution in [0, 0.1) is 0 Å². The molecule has 0 unspecified atom stereocenters. The monoisotopic (exact) mass is 163 g/mol. The van der Waals surface area contributed by atoms with Crippen molar-refractivity contribution in [2.45, 2.75) is 6.42 Å². The largest absolute Gasteiger partial charge is 0.294 e. The van der Waals surface area contributed by atoms with Crippen LogP contribution in [0.25, 0.3) is 0 Å². The Labute approximate surface area is 68.1 Å². The third-order valence-corrected chi connectivity index (χ3v) is 1.60. The Morgan fingerprint density at radius 3 is 3.00 bits per heavy atom. The SMILES string of the molecule is O=C1C=C2C=NN=CN2C(=O)C1. The second-order valence-corrected chi connectivity index (χ2v) is 2.45. The highest BCUT2D eigenvalue weighted by Gasteiger charge is 2.24. The van der Waals surface area contributed by atoms with Gasteiger partial charge in [-0.25, -0.2) is 0 Å². The molecule has 0 fully saturated rings. The summed E-state index contributed by atoms with van der Waals surface area (Å²) in [5.41, 5.74) is 0.492. The van der Waals surface area contributed by atoms with Crippen molar-refractivity contribution in [1.82, 2.24) is 4.90 Å².